The minimum absolute atomic E-state index is 0.110. The van der Waals surface area contributed by atoms with Crippen LogP contribution in [-0.2, 0) is 9.53 Å². The maximum absolute atomic E-state index is 12.0. The number of ether oxygens (including phenoxy) is 2. The highest BCUT2D eigenvalue weighted by Gasteiger charge is 2.31. The number of amides is 2. The zero-order valence-electron chi connectivity index (χ0n) is 11.7. The SMILES string of the molecule is COCCNC(=O)CNC(=O)c1ccc(OC(F)(F)F)cc1. The quantitative estimate of drug-likeness (QED) is 0.737. The summed E-state index contributed by atoms with van der Waals surface area (Å²) in [4.78, 5) is 23.0. The number of methoxy groups -OCH3 is 1. The van der Waals surface area contributed by atoms with Crippen molar-refractivity contribution in [1.29, 1.82) is 0 Å². The lowest BCUT2D eigenvalue weighted by molar-refractivity contribution is -0.274. The van der Waals surface area contributed by atoms with Crippen molar-refractivity contribution >= 4 is 11.8 Å². The average Bonchev–Trinajstić information content (AvgIpc) is 2.44. The van der Waals surface area contributed by atoms with Crippen LogP contribution in [0.2, 0.25) is 0 Å². The first kappa shape index (κ1) is 17.8. The molecule has 0 fully saturated rings. The Labute approximate surface area is 124 Å². The van der Waals surface area contributed by atoms with Crippen LogP contribution in [0.15, 0.2) is 24.3 Å². The fraction of sp³-hybridized carbons (Fsp3) is 0.385. The average molecular weight is 320 g/mol. The van der Waals surface area contributed by atoms with Crippen LogP contribution in [0, 0.1) is 0 Å². The van der Waals surface area contributed by atoms with Gasteiger partial charge in [-0.1, -0.05) is 0 Å². The van der Waals surface area contributed by atoms with Crippen LogP contribution in [0.25, 0.3) is 0 Å². The van der Waals surface area contributed by atoms with Gasteiger partial charge in [0.1, 0.15) is 5.75 Å². The monoisotopic (exact) mass is 320 g/mol. The molecule has 0 heterocycles. The number of hydrogen-bond donors (Lipinski definition) is 2. The molecule has 0 saturated heterocycles. The lowest BCUT2D eigenvalue weighted by Crippen LogP contribution is -2.38. The van der Waals surface area contributed by atoms with E-state index in [-0.39, 0.29) is 12.1 Å². The Kier molecular flexibility index (Phi) is 6.64. The molecule has 1 aromatic rings. The predicted octanol–water partition coefficient (Wildman–Crippen LogP) is 1.08. The molecule has 0 aliphatic heterocycles. The Hall–Kier alpha value is -2.29. The number of halogens is 3. The molecule has 2 amide bonds. The van der Waals surface area contributed by atoms with E-state index >= 15 is 0 Å². The van der Waals surface area contributed by atoms with Gasteiger partial charge in [0.15, 0.2) is 0 Å². The van der Waals surface area contributed by atoms with Gasteiger partial charge in [-0.3, -0.25) is 9.59 Å². The molecule has 0 aliphatic rings. The van der Waals surface area contributed by atoms with Gasteiger partial charge in [0, 0.05) is 19.2 Å². The third-order valence-corrected chi connectivity index (χ3v) is 2.39. The summed E-state index contributed by atoms with van der Waals surface area (Å²) in [5, 5.41) is 4.84. The van der Waals surface area contributed by atoms with Gasteiger partial charge in [-0.2, -0.15) is 0 Å². The Bertz CT molecular complexity index is 503. The zero-order valence-corrected chi connectivity index (χ0v) is 11.7. The molecule has 9 heteroatoms. The molecule has 1 rings (SSSR count). The fourth-order valence-corrected chi connectivity index (χ4v) is 1.43. The Morgan fingerprint density at radius 1 is 1.14 bits per heavy atom. The van der Waals surface area contributed by atoms with E-state index in [1.807, 2.05) is 0 Å². The number of rotatable bonds is 7. The molecule has 0 radical (unpaired) electrons. The lowest BCUT2D eigenvalue weighted by Gasteiger charge is -2.09. The van der Waals surface area contributed by atoms with Gasteiger partial charge in [-0.05, 0) is 24.3 Å². The van der Waals surface area contributed by atoms with E-state index in [9.17, 15) is 22.8 Å². The van der Waals surface area contributed by atoms with Gasteiger partial charge in [-0.15, -0.1) is 13.2 Å². The molecule has 0 saturated carbocycles. The second-order valence-electron chi connectivity index (χ2n) is 4.10. The fourth-order valence-electron chi connectivity index (χ4n) is 1.43. The van der Waals surface area contributed by atoms with E-state index in [2.05, 4.69) is 15.4 Å². The van der Waals surface area contributed by atoms with Crippen LogP contribution >= 0.6 is 0 Å². The third kappa shape index (κ3) is 6.93. The van der Waals surface area contributed by atoms with E-state index in [4.69, 9.17) is 4.74 Å². The van der Waals surface area contributed by atoms with Crippen LogP contribution in [-0.4, -0.2) is 45.0 Å². The number of carbonyl (C=O) groups excluding carboxylic acids is 2. The van der Waals surface area contributed by atoms with Gasteiger partial charge in [-0.25, -0.2) is 0 Å². The number of alkyl halides is 3. The molecule has 1 aromatic carbocycles. The van der Waals surface area contributed by atoms with Crippen LogP contribution < -0.4 is 15.4 Å². The van der Waals surface area contributed by atoms with Gasteiger partial charge >= 0.3 is 6.36 Å². The Morgan fingerprint density at radius 2 is 1.77 bits per heavy atom. The Morgan fingerprint density at radius 3 is 2.32 bits per heavy atom. The molecule has 2 N–H and O–H groups in total. The molecule has 0 bridgehead atoms. The second-order valence-corrected chi connectivity index (χ2v) is 4.10. The predicted molar refractivity (Wildman–Crippen MR) is 70.3 cm³/mol. The van der Waals surface area contributed by atoms with Gasteiger partial charge < -0.3 is 20.1 Å². The van der Waals surface area contributed by atoms with Crippen LogP contribution in [0.1, 0.15) is 10.4 Å². The largest absolute Gasteiger partial charge is 0.573 e. The lowest BCUT2D eigenvalue weighted by atomic mass is 10.2. The molecular weight excluding hydrogens is 305 g/mol. The standard InChI is InChI=1S/C13H15F3N2O4/c1-21-7-6-17-11(19)8-18-12(20)9-2-4-10(5-3-9)22-13(14,15)16/h2-5H,6-8H2,1H3,(H,17,19)(H,18,20). The first-order valence-electron chi connectivity index (χ1n) is 6.21. The highest BCUT2D eigenvalue weighted by Crippen LogP contribution is 2.22. The van der Waals surface area contributed by atoms with Crippen molar-refractivity contribution in [2.75, 3.05) is 26.8 Å². The summed E-state index contributed by atoms with van der Waals surface area (Å²) in [5.41, 5.74) is 0.110. The summed E-state index contributed by atoms with van der Waals surface area (Å²) >= 11 is 0. The van der Waals surface area contributed by atoms with E-state index < -0.39 is 23.9 Å². The summed E-state index contributed by atoms with van der Waals surface area (Å²) in [5.74, 6) is -1.41. The summed E-state index contributed by atoms with van der Waals surface area (Å²) in [6, 6.07) is 4.36. The molecule has 6 nitrogen and oxygen atoms in total. The molecule has 122 valence electrons. The normalized spacial score (nSPS) is 10.9. The van der Waals surface area contributed by atoms with Crippen molar-refractivity contribution in [1.82, 2.24) is 10.6 Å². The maximum atomic E-state index is 12.0. The van der Waals surface area contributed by atoms with Crippen molar-refractivity contribution in [3.63, 3.8) is 0 Å². The summed E-state index contributed by atoms with van der Waals surface area (Å²) in [6.45, 7) is 0.415. The van der Waals surface area contributed by atoms with Crippen molar-refractivity contribution < 1.29 is 32.2 Å². The smallest absolute Gasteiger partial charge is 0.406 e. The molecule has 0 aromatic heterocycles. The van der Waals surface area contributed by atoms with Crippen LogP contribution in [0.4, 0.5) is 13.2 Å². The van der Waals surface area contributed by atoms with Crippen molar-refractivity contribution in [2.45, 2.75) is 6.36 Å². The second kappa shape index (κ2) is 8.23. The summed E-state index contributed by atoms with van der Waals surface area (Å²) < 4.78 is 44.4. The van der Waals surface area contributed by atoms with Crippen LogP contribution in [0.3, 0.4) is 0 Å². The highest BCUT2D eigenvalue weighted by atomic mass is 19.4. The first-order chi connectivity index (χ1) is 10.3. The molecule has 22 heavy (non-hydrogen) atoms. The van der Waals surface area contributed by atoms with Gasteiger partial charge in [0.2, 0.25) is 5.91 Å². The van der Waals surface area contributed by atoms with Crippen molar-refractivity contribution in [3.05, 3.63) is 29.8 Å². The van der Waals surface area contributed by atoms with Crippen molar-refractivity contribution in [3.8, 4) is 5.75 Å². The first-order valence-corrected chi connectivity index (χ1v) is 6.21. The maximum Gasteiger partial charge on any atom is 0.573 e. The van der Waals surface area contributed by atoms with Gasteiger partial charge in [0.25, 0.3) is 5.91 Å². The third-order valence-electron chi connectivity index (χ3n) is 2.39. The van der Waals surface area contributed by atoms with Crippen LogP contribution in [0.5, 0.6) is 5.75 Å². The van der Waals surface area contributed by atoms with E-state index in [1.165, 1.54) is 19.2 Å². The number of carbonyl (C=O) groups is 2. The minimum atomic E-state index is -4.79. The summed E-state index contributed by atoms with van der Waals surface area (Å²) in [7, 11) is 1.49. The van der Waals surface area contributed by atoms with E-state index in [1.54, 1.807) is 0 Å². The number of nitrogens with one attached hydrogen (secondary N) is 2. The van der Waals surface area contributed by atoms with Gasteiger partial charge in [0.05, 0.1) is 13.2 Å². The topological polar surface area (TPSA) is 76.7 Å². The molecule has 0 aliphatic carbocycles. The highest BCUT2D eigenvalue weighted by molar-refractivity contribution is 5.96. The minimum Gasteiger partial charge on any atom is -0.406 e. The summed E-state index contributed by atoms with van der Waals surface area (Å²) in [6.07, 6.45) is -4.79. The van der Waals surface area contributed by atoms with E-state index in [0.717, 1.165) is 12.1 Å². The van der Waals surface area contributed by atoms with E-state index in [0.29, 0.717) is 13.2 Å². The number of benzene rings is 1. The number of hydrogen-bond acceptors (Lipinski definition) is 4. The zero-order chi connectivity index (χ0) is 16.6. The molecular formula is C13H15F3N2O4. The van der Waals surface area contributed by atoms with Crippen molar-refractivity contribution in [2.24, 2.45) is 0 Å². The molecule has 0 atom stereocenters. The molecule has 0 spiro atoms. The molecule has 0 unspecified atom stereocenters. The Balaban J connectivity index is 2.44.